The molecule has 23 heavy (non-hydrogen) atoms. The average Bonchev–Trinajstić information content (AvgIpc) is 2.99. The lowest BCUT2D eigenvalue weighted by Crippen LogP contribution is -2.32. The van der Waals surface area contributed by atoms with Gasteiger partial charge in [-0.15, -0.1) is 24.0 Å². The van der Waals surface area contributed by atoms with Gasteiger partial charge in [0.15, 0.2) is 5.96 Å². The summed E-state index contributed by atoms with van der Waals surface area (Å²) in [7, 11) is 0. The quantitative estimate of drug-likeness (QED) is 0.403. The summed E-state index contributed by atoms with van der Waals surface area (Å²) in [4.78, 5) is 8.38. The molecule has 0 aliphatic heterocycles. The van der Waals surface area contributed by atoms with Gasteiger partial charge in [0.2, 0.25) is 0 Å². The van der Waals surface area contributed by atoms with Crippen molar-refractivity contribution < 1.29 is 0 Å². The molecular weight excluding hydrogens is 403 g/mol. The van der Waals surface area contributed by atoms with Gasteiger partial charge in [-0.25, -0.2) is 14.7 Å². The minimum absolute atomic E-state index is 0. The van der Waals surface area contributed by atoms with Crippen LogP contribution in [0.2, 0.25) is 0 Å². The van der Waals surface area contributed by atoms with Gasteiger partial charge in [-0.2, -0.15) is 5.10 Å². The standard InChI is InChI=1S/C16H24N6.HI/c1-13(2)7-8-19-16(17)20-9-14-5-3-4-6-15(14)10-22-12-18-11-21-22;/h3-6,11-13H,7-10H2,1-2H3,(H3,17,19,20);1H. The van der Waals surface area contributed by atoms with Crippen LogP contribution < -0.4 is 11.1 Å². The van der Waals surface area contributed by atoms with Crippen LogP contribution >= 0.6 is 24.0 Å². The number of rotatable bonds is 7. The second-order valence-corrected chi connectivity index (χ2v) is 5.67. The van der Waals surface area contributed by atoms with Gasteiger partial charge in [-0.1, -0.05) is 38.1 Å². The number of hydrogen-bond acceptors (Lipinski definition) is 3. The molecule has 2 aromatic rings. The second-order valence-electron chi connectivity index (χ2n) is 5.67. The Morgan fingerprint density at radius 1 is 1.30 bits per heavy atom. The maximum atomic E-state index is 5.91. The lowest BCUT2D eigenvalue weighted by Gasteiger charge is -2.09. The summed E-state index contributed by atoms with van der Waals surface area (Å²) < 4.78 is 1.80. The van der Waals surface area contributed by atoms with Crippen LogP contribution in [0.5, 0.6) is 0 Å². The molecule has 3 N–H and O–H groups in total. The van der Waals surface area contributed by atoms with Crippen molar-refractivity contribution in [3.05, 3.63) is 48.0 Å². The Balaban J connectivity index is 0.00000264. The maximum Gasteiger partial charge on any atom is 0.188 e. The Morgan fingerprint density at radius 3 is 2.70 bits per heavy atom. The first-order valence-corrected chi connectivity index (χ1v) is 7.58. The van der Waals surface area contributed by atoms with E-state index in [-0.39, 0.29) is 24.0 Å². The lowest BCUT2D eigenvalue weighted by molar-refractivity contribution is 0.576. The van der Waals surface area contributed by atoms with E-state index in [4.69, 9.17) is 5.73 Å². The normalized spacial score (nSPS) is 11.3. The van der Waals surface area contributed by atoms with Crippen LogP contribution in [-0.2, 0) is 13.1 Å². The first kappa shape index (κ1) is 19.4. The summed E-state index contributed by atoms with van der Waals surface area (Å²) in [5.41, 5.74) is 8.22. The number of hydrogen-bond donors (Lipinski definition) is 2. The first-order chi connectivity index (χ1) is 10.6. The van der Waals surface area contributed by atoms with Crippen LogP contribution in [-0.4, -0.2) is 27.3 Å². The zero-order valence-corrected chi connectivity index (χ0v) is 16.0. The highest BCUT2D eigenvalue weighted by atomic mass is 127. The van der Waals surface area contributed by atoms with Crippen LogP contribution in [0.4, 0.5) is 0 Å². The van der Waals surface area contributed by atoms with Gasteiger partial charge in [0.25, 0.3) is 0 Å². The fraction of sp³-hybridized carbons (Fsp3) is 0.438. The molecule has 0 amide bonds. The van der Waals surface area contributed by atoms with Crippen molar-refractivity contribution in [1.82, 2.24) is 20.1 Å². The van der Waals surface area contributed by atoms with E-state index in [1.807, 2.05) is 12.1 Å². The zero-order valence-electron chi connectivity index (χ0n) is 13.6. The number of benzene rings is 1. The van der Waals surface area contributed by atoms with Crippen molar-refractivity contribution in [2.75, 3.05) is 6.54 Å². The van der Waals surface area contributed by atoms with Gasteiger partial charge in [0, 0.05) is 6.54 Å². The van der Waals surface area contributed by atoms with Gasteiger partial charge in [-0.3, -0.25) is 0 Å². The fourth-order valence-electron chi connectivity index (χ4n) is 2.07. The third-order valence-corrected chi connectivity index (χ3v) is 3.36. The molecule has 0 aliphatic carbocycles. The average molecular weight is 428 g/mol. The van der Waals surface area contributed by atoms with Gasteiger partial charge in [-0.05, 0) is 23.5 Å². The predicted molar refractivity (Wildman–Crippen MR) is 104 cm³/mol. The molecule has 0 unspecified atom stereocenters. The molecule has 2 rings (SSSR count). The molecule has 0 spiro atoms. The van der Waals surface area contributed by atoms with Gasteiger partial charge in [0.1, 0.15) is 12.7 Å². The maximum absolute atomic E-state index is 5.91. The molecule has 0 fully saturated rings. The molecule has 0 saturated carbocycles. The summed E-state index contributed by atoms with van der Waals surface area (Å²) in [6.07, 6.45) is 4.33. The van der Waals surface area contributed by atoms with E-state index in [0.717, 1.165) is 18.5 Å². The van der Waals surface area contributed by atoms with Crippen LogP contribution in [0.25, 0.3) is 0 Å². The van der Waals surface area contributed by atoms with Crippen molar-refractivity contribution in [3.8, 4) is 0 Å². The van der Waals surface area contributed by atoms with E-state index < -0.39 is 0 Å². The SMILES string of the molecule is CC(C)CCNC(N)=NCc1ccccc1Cn1cncn1.I. The van der Waals surface area contributed by atoms with E-state index in [9.17, 15) is 0 Å². The summed E-state index contributed by atoms with van der Waals surface area (Å²) in [6.45, 7) is 6.48. The van der Waals surface area contributed by atoms with E-state index in [2.05, 4.69) is 46.4 Å². The van der Waals surface area contributed by atoms with Crippen molar-refractivity contribution in [3.63, 3.8) is 0 Å². The minimum atomic E-state index is 0. The van der Waals surface area contributed by atoms with E-state index in [1.54, 1.807) is 11.0 Å². The zero-order chi connectivity index (χ0) is 15.8. The summed E-state index contributed by atoms with van der Waals surface area (Å²) in [5.74, 6) is 1.15. The smallest absolute Gasteiger partial charge is 0.188 e. The van der Waals surface area contributed by atoms with Crippen LogP contribution in [0.15, 0.2) is 41.9 Å². The molecular formula is C16H25IN6. The van der Waals surface area contributed by atoms with E-state index in [1.165, 1.54) is 11.9 Å². The molecule has 1 aromatic heterocycles. The van der Waals surface area contributed by atoms with Gasteiger partial charge >= 0.3 is 0 Å². The lowest BCUT2D eigenvalue weighted by atomic mass is 10.1. The number of aliphatic imine (C=N–C) groups is 1. The van der Waals surface area contributed by atoms with Crippen molar-refractivity contribution in [1.29, 1.82) is 0 Å². The molecule has 1 heterocycles. The topological polar surface area (TPSA) is 81.1 Å². The molecule has 0 saturated heterocycles. The Morgan fingerprint density at radius 2 is 2.04 bits per heavy atom. The Bertz CT molecular complexity index is 594. The van der Waals surface area contributed by atoms with E-state index >= 15 is 0 Å². The second kappa shape index (κ2) is 10.2. The molecule has 0 radical (unpaired) electrons. The number of aromatic nitrogens is 3. The largest absolute Gasteiger partial charge is 0.370 e. The third-order valence-electron chi connectivity index (χ3n) is 3.36. The summed E-state index contributed by atoms with van der Waals surface area (Å²) in [5, 5.41) is 7.29. The monoisotopic (exact) mass is 428 g/mol. The van der Waals surface area contributed by atoms with E-state index in [0.29, 0.717) is 25.0 Å². The number of halogens is 1. The molecule has 0 atom stereocenters. The van der Waals surface area contributed by atoms with Crippen LogP contribution in [0.3, 0.4) is 0 Å². The predicted octanol–water partition coefficient (Wildman–Crippen LogP) is 2.39. The molecule has 0 aliphatic rings. The summed E-state index contributed by atoms with van der Waals surface area (Å²) >= 11 is 0. The number of nitrogens with zero attached hydrogens (tertiary/aromatic N) is 4. The van der Waals surface area contributed by atoms with Crippen molar-refractivity contribution in [2.24, 2.45) is 16.6 Å². The molecule has 0 bridgehead atoms. The number of nitrogens with two attached hydrogens (primary N) is 1. The summed E-state index contributed by atoms with van der Waals surface area (Å²) in [6, 6.07) is 8.17. The Hall–Kier alpha value is -1.64. The Labute approximate surface area is 154 Å². The Kier molecular flexibility index (Phi) is 8.60. The van der Waals surface area contributed by atoms with Crippen molar-refractivity contribution >= 4 is 29.9 Å². The number of nitrogens with one attached hydrogen (secondary N) is 1. The highest BCUT2D eigenvalue weighted by Gasteiger charge is 2.03. The van der Waals surface area contributed by atoms with Gasteiger partial charge < -0.3 is 11.1 Å². The van der Waals surface area contributed by atoms with Gasteiger partial charge in [0.05, 0.1) is 13.1 Å². The molecule has 126 valence electrons. The van der Waals surface area contributed by atoms with Crippen LogP contribution in [0, 0.1) is 5.92 Å². The highest BCUT2D eigenvalue weighted by molar-refractivity contribution is 14.0. The molecule has 7 heteroatoms. The third kappa shape index (κ3) is 6.98. The fourth-order valence-corrected chi connectivity index (χ4v) is 2.07. The van der Waals surface area contributed by atoms with Crippen molar-refractivity contribution in [2.45, 2.75) is 33.4 Å². The number of guanidine groups is 1. The first-order valence-electron chi connectivity index (χ1n) is 7.58. The minimum Gasteiger partial charge on any atom is -0.370 e. The molecule has 1 aromatic carbocycles. The molecule has 6 nitrogen and oxygen atoms in total. The highest BCUT2D eigenvalue weighted by Crippen LogP contribution is 2.11. The van der Waals surface area contributed by atoms with Crippen LogP contribution in [0.1, 0.15) is 31.4 Å².